The van der Waals surface area contributed by atoms with E-state index >= 15 is 0 Å². The molecule has 0 saturated carbocycles. The molecule has 2 amide bonds. The number of carbonyl (C=O) groups is 2. The molecule has 3 aromatic carbocycles. The number of hydrogen-bond acceptors (Lipinski definition) is 3. The van der Waals surface area contributed by atoms with E-state index in [2.05, 4.69) is 5.32 Å². The smallest absolute Gasteiger partial charge is 0.251 e. The first-order valence-electron chi connectivity index (χ1n) is 8.99. The first-order chi connectivity index (χ1) is 13.6. The van der Waals surface area contributed by atoms with Gasteiger partial charge in [0.25, 0.3) is 5.91 Å². The van der Waals surface area contributed by atoms with Gasteiger partial charge in [0.05, 0.1) is 13.2 Å². The van der Waals surface area contributed by atoms with Crippen molar-refractivity contribution in [3.63, 3.8) is 0 Å². The molecule has 5 heteroatoms. The number of primary amides is 1. The van der Waals surface area contributed by atoms with Crippen LogP contribution in [0.25, 0.3) is 0 Å². The van der Waals surface area contributed by atoms with E-state index in [1.807, 2.05) is 54.6 Å². The summed E-state index contributed by atoms with van der Waals surface area (Å²) in [5.74, 6) is -0.722. The Morgan fingerprint density at radius 2 is 1.36 bits per heavy atom. The normalized spacial score (nSPS) is 10.4. The molecule has 0 atom stereocenters. The third kappa shape index (κ3) is 5.53. The zero-order chi connectivity index (χ0) is 19.8. The summed E-state index contributed by atoms with van der Waals surface area (Å²) in [6.07, 6.45) is 0. The van der Waals surface area contributed by atoms with E-state index < -0.39 is 5.91 Å². The van der Waals surface area contributed by atoms with E-state index in [1.165, 1.54) is 0 Å². The van der Waals surface area contributed by atoms with Crippen LogP contribution >= 0.6 is 0 Å². The molecular formula is C23H22N2O3. The van der Waals surface area contributed by atoms with Gasteiger partial charge < -0.3 is 15.8 Å². The maximum atomic E-state index is 12.3. The van der Waals surface area contributed by atoms with Gasteiger partial charge in [0, 0.05) is 17.7 Å². The van der Waals surface area contributed by atoms with Crippen LogP contribution in [0.3, 0.4) is 0 Å². The largest absolute Gasteiger partial charge is 0.372 e. The van der Waals surface area contributed by atoms with E-state index in [0.29, 0.717) is 30.9 Å². The van der Waals surface area contributed by atoms with Gasteiger partial charge in [0.1, 0.15) is 0 Å². The number of ether oxygens (including phenoxy) is 1. The molecule has 0 aliphatic rings. The van der Waals surface area contributed by atoms with Gasteiger partial charge in [0.15, 0.2) is 0 Å². The molecule has 3 rings (SSSR count). The molecule has 0 unspecified atom stereocenters. The van der Waals surface area contributed by atoms with Crippen molar-refractivity contribution in [1.82, 2.24) is 5.32 Å². The highest BCUT2D eigenvalue weighted by Gasteiger charge is 2.07. The van der Waals surface area contributed by atoms with E-state index in [-0.39, 0.29) is 5.91 Å². The fourth-order valence-electron chi connectivity index (χ4n) is 2.76. The number of nitrogens with two attached hydrogens (primary N) is 1. The van der Waals surface area contributed by atoms with Gasteiger partial charge in [-0.25, -0.2) is 0 Å². The fraction of sp³-hybridized carbons (Fsp3) is 0.130. The molecule has 142 valence electrons. The lowest BCUT2D eigenvalue weighted by molar-refractivity contribution is 0.0948. The van der Waals surface area contributed by atoms with Gasteiger partial charge in [-0.05, 0) is 41.0 Å². The van der Waals surface area contributed by atoms with Crippen LogP contribution in [0.1, 0.15) is 37.4 Å². The standard InChI is InChI=1S/C23H22N2O3/c24-22(26)20-9-11-21(12-10-20)23(27)25-14-18-7-4-8-19(13-18)16-28-15-17-5-2-1-3-6-17/h1-13H,14-16H2,(H2,24,26)(H,25,27). The molecule has 0 fully saturated rings. The van der Waals surface area contributed by atoms with Crippen molar-refractivity contribution < 1.29 is 14.3 Å². The molecule has 0 bridgehead atoms. The Morgan fingerprint density at radius 1 is 0.750 bits per heavy atom. The van der Waals surface area contributed by atoms with Gasteiger partial charge in [0.2, 0.25) is 5.91 Å². The highest BCUT2D eigenvalue weighted by Crippen LogP contribution is 2.10. The van der Waals surface area contributed by atoms with Crippen LogP contribution in [0.4, 0.5) is 0 Å². The molecule has 3 N–H and O–H groups in total. The SMILES string of the molecule is NC(=O)c1ccc(C(=O)NCc2cccc(COCc3ccccc3)c2)cc1. The van der Waals surface area contributed by atoms with Crippen LogP contribution in [0.15, 0.2) is 78.9 Å². The summed E-state index contributed by atoms with van der Waals surface area (Å²) in [4.78, 5) is 23.4. The number of carbonyl (C=O) groups excluding carboxylic acids is 2. The van der Waals surface area contributed by atoms with Crippen LogP contribution in [-0.2, 0) is 24.5 Å². The highest BCUT2D eigenvalue weighted by molar-refractivity contribution is 5.97. The van der Waals surface area contributed by atoms with Crippen molar-refractivity contribution in [1.29, 1.82) is 0 Å². The summed E-state index contributed by atoms with van der Waals surface area (Å²) in [6.45, 7) is 1.47. The van der Waals surface area contributed by atoms with Crippen LogP contribution in [-0.4, -0.2) is 11.8 Å². The summed E-state index contributed by atoms with van der Waals surface area (Å²) in [6, 6.07) is 24.2. The molecule has 0 spiro atoms. The van der Waals surface area contributed by atoms with Crippen molar-refractivity contribution in [3.05, 3.63) is 107 Å². The number of amides is 2. The van der Waals surface area contributed by atoms with Gasteiger partial charge in [-0.3, -0.25) is 9.59 Å². The van der Waals surface area contributed by atoms with Crippen LogP contribution in [0, 0.1) is 0 Å². The maximum Gasteiger partial charge on any atom is 0.251 e. The lowest BCUT2D eigenvalue weighted by Gasteiger charge is -2.09. The number of nitrogens with one attached hydrogen (secondary N) is 1. The number of rotatable bonds is 8. The molecule has 0 heterocycles. The van der Waals surface area contributed by atoms with Gasteiger partial charge in [-0.1, -0.05) is 54.6 Å². The van der Waals surface area contributed by atoms with Crippen molar-refractivity contribution in [3.8, 4) is 0 Å². The monoisotopic (exact) mass is 374 g/mol. The Morgan fingerprint density at radius 3 is 2.07 bits per heavy atom. The third-order valence-electron chi connectivity index (χ3n) is 4.26. The molecule has 0 aliphatic carbocycles. The zero-order valence-corrected chi connectivity index (χ0v) is 15.4. The summed E-state index contributed by atoms with van der Waals surface area (Å²) in [5.41, 5.74) is 9.23. The Hall–Kier alpha value is -3.44. The van der Waals surface area contributed by atoms with E-state index in [9.17, 15) is 9.59 Å². The van der Waals surface area contributed by atoms with Crippen molar-refractivity contribution in [2.75, 3.05) is 0 Å². The fourth-order valence-corrected chi connectivity index (χ4v) is 2.76. The first kappa shape index (κ1) is 19.3. The third-order valence-corrected chi connectivity index (χ3v) is 4.26. The Labute approximate surface area is 164 Å². The first-order valence-corrected chi connectivity index (χ1v) is 8.99. The summed E-state index contributed by atoms with van der Waals surface area (Å²) >= 11 is 0. The molecule has 3 aromatic rings. The zero-order valence-electron chi connectivity index (χ0n) is 15.4. The predicted molar refractivity (Wildman–Crippen MR) is 108 cm³/mol. The average molecular weight is 374 g/mol. The minimum absolute atomic E-state index is 0.207. The molecule has 28 heavy (non-hydrogen) atoms. The molecule has 0 aliphatic heterocycles. The average Bonchev–Trinajstić information content (AvgIpc) is 2.73. The summed E-state index contributed by atoms with van der Waals surface area (Å²) in [5, 5.41) is 2.88. The number of benzene rings is 3. The Balaban J connectivity index is 1.51. The minimum atomic E-state index is -0.516. The van der Waals surface area contributed by atoms with Crippen LogP contribution in [0.2, 0.25) is 0 Å². The highest BCUT2D eigenvalue weighted by atomic mass is 16.5. The Kier molecular flexibility index (Phi) is 6.54. The van der Waals surface area contributed by atoms with E-state index in [4.69, 9.17) is 10.5 Å². The lowest BCUT2D eigenvalue weighted by Crippen LogP contribution is -2.23. The molecule has 0 radical (unpaired) electrons. The summed E-state index contributed by atoms with van der Waals surface area (Å²) < 4.78 is 5.76. The van der Waals surface area contributed by atoms with Crippen molar-refractivity contribution >= 4 is 11.8 Å². The maximum absolute atomic E-state index is 12.3. The number of hydrogen-bond donors (Lipinski definition) is 2. The molecule has 0 saturated heterocycles. The van der Waals surface area contributed by atoms with Crippen LogP contribution < -0.4 is 11.1 Å². The molecule has 5 nitrogen and oxygen atoms in total. The quantitative estimate of drug-likeness (QED) is 0.634. The van der Waals surface area contributed by atoms with Gasteiger partial charge in [-0.2, -0.15) is 0 Å². The van der Waals surface area contributed by atoms with Crippen LogP contribution in [0.5, 0.6) is 0 Å². The van der Waals surface area contributed by atoms with Gasteiger partial charge >= 0.3 is 0 Å². The van der Waals surface area contributed by atoms with Crippen molar-refractivity contribution in [2.45, 2.75) is 19.8 Å². The minimum Gasteiger partial charge on any atom is -0.372 e. The predicted octanol–water partition coefficient (Wildman–Crippen LogP) is 3.43. The Bertz CT molecular complexity index is 938. The van der Waals surface area contributed by atoms with E-state index in [1.54, 1.807) is 24.3 Å². The second-order valence-electron chi connectivity index (χ2n) is 6.42. The second-order valence-corrected chi connectivity index (χ2v) is 6.42. The second kappa shape index (κ2) is 9.48. The molecular weight excluding hydrogens is 352 g/mol. The molecule has 0 aromatic heterocycles. The summed E-state index contributed by atoms with van der Waals surface area (Å²) in [7, 11) is 0. The van der Waals surface area contributed by atoms with Gasteiger partial charge in [-0.15, -0.1) is 0 Å². The topological polar surface area (TPSA) is 81.4 Å². The van der Waals surface area contributed by atoms with E-state index in [0.717, 1.165) is 16.7 Å². The lowest BCUT2D eigenvalue weighted by atomic mass is 10.1. The van der Waals surface area contributed by atoms with Crippen molar-refractivity contribution in [2.24, 2.45) is 5.73 Å².